The fourth-order valence-electron chi connectivity index (χ4n) is 2.91. The van der Waals surface area contributed by atoms with E-state index in [-0.39, 0.29) is 17.8 Å². The molecule has 0 aromatic heterocycles. The summed E-state index contributed by atoms with van der Waals surface area (Å²) in [6.45, 7) is 4.12. The Kier molecular flexibility index (Phi) is 7.03. The molecule has 1 heterocycles. The molecule has 2 rings (SSSR count). The summed E-state index contributed by atoms with van der Waals surface area (Å²) in [6, 6.07) is 5.58. The van der Waals surface area contributed by atoms with Crippen LogP contribution in [0.4, 0.5) is 14.9 Å². The maximum atomic E-state index is 12.9. The number of benzene rings is 1. The van der Waals surface area contributed by atoms with Crippen molar-refractivity contribution in [2.75, 3.05) is 25.0 Å². The number of nitrogens with zero attached hydrogens (tertiary/aromatic N) is 1. The minimum absolute atomic E-state index is 0.0877. The van der Waals surface area contributed by atoms with Crippen LogP contribution in [0.2, 0.25) is 0 Å². The second-order valence-electron chi connectivity index (χ2n) is 6.28. The fraction of sp³-hybridized carbons (Fsp3) is 0.556. The SMILES string of the molecule is CCCNC(=O)CC[C@H]1CCCN(C(=O)Nc2ccc(F)cc2)C1. The van der Waals surface area contributed by atoms with Crippen LogP contribution in [0.1, 0.15) is 39.0 Å². The summed E-state index contributed by atoms with van der Waals surface area (Å²) >= 11 is 0. The summed E-state index contributed by atoms with van der Waals surface area (Å²) in [5, 5.41) is 5.67. The Morgan fingerprint density at radius 2 is 2.04 bits per heavy atom. The zero-order chi connectivity index (χ0) is 17.4. The molecule has 0 spiro atoms. The molecule has 1 fully saturated rings. The van der Waals surface area contributed by atoms with Crippen LogP contribution in [0.5, 0.6) is 0 Å². The molecule has 1 saturated heterocycles. The third-order valence-corrected chi connectivity index (χ3v) is 4.25. The predicted octanol–water partition coefficient (Wildman–Crippen LogP) is 3.38. The molecule has 2 N–H and O–H groups in total. The highest BCUT2D eigenvalue weighted by atomic mass is 19.1. The second-order valence-corrected chi connectivity index (χ2v) is 6.28. The number of amides is 3. The lowest BCUT2D eigenvalue weighted by molar-refractivity contribution is -0.121. The maximum Gasteiger partial charge on any atom is 0.321 e. The Labute approximate surface area is 142 Å². The third-order valence-electron chi connectivity index (χ3n) is 4.25. The molecular formula is C18H26FN3O2. The molecule has 1 aliphatic heterocycles. The van der Waals surface area contributed by atoms with Gasteiger partial charge in [-0.3, -0.25) is 4.79 Å². The van der Waals surface area contributed by atoms with E-state index in [1.54, 1.807) is 17.0 Å². The summed E-state index contributed by atoms with van der Waals surface area (Å²) in [4.78, 5) is 25.8. The van der Waals surface area contributed by atoms with Crippen molar-refractivity contribution in [3.05, 3.63) is 30.1 Å². The number of nitrogens with one attached hydrogen (secondary N) is 2. The lowest BCUT2D eigenvalue weighted by Gasteiger charge is -2.32. The largest absolute Gasteiger partial charge is 0.356 e. The van der Waals surface area contributed by atoms with Gasteiger partial charge in [-0.1, -0.05) is 6.92 Å². The lowest BCUT2D eigenvalue weighted by Crippen LogP contribution is -2.42. The average molecular weight is 335 g/mol. The first-order valence-electron chi connectivity index (χ1n) is 8.66. The van der Waals surface area contributed by atoms with Crippen molar-refractivity contribution in [2.24, 2.45) is 5.92 Å². The summed E-state index contributed by atoms with van der Waals surface area (Å²) in [6.07, 6.45) is 4.24. The van der Waals surface area contributed by atoms with Gasteiger partial charge in [0.05, 0.1) is 0 Å². The molecule has 1 atom stereocenters. The number of hydrogen-bond acceptors (Lipinski definition) is 2. The average Bonchev–Trinajstić information content (AvgIpc) is 2.60. The minimum atomic E-state index is -0.326. The van der Waals surface area contributed by atoms with Gasteiger partial charge in [-0.15, -0.1) is 0 Å². The van der Waals surface area contributed by atoms with Gasteiger partial charge in [-0.25, -0.2) is 9.18 Å². The maximum absolute atomic E-state index is 12.9. The molecule has 0 bridgehead atoms. The van der Waals surface area contributed by atoms with Gasteiger partial charge < -0.3 is 15.5 Å². The van der Waals surface area contributed by atoms with Crippen molar-refractivity contribution >= 4 is 17.6 Å². The number of carbonyl (C=O) groups excluding carboxylic acids is 2. The molecule has 5 nitrogen and oxygen atoms in total. The van der Waals surface area contributed by atoms with Crippen LogP contribution in [0, 0.1) is 11.7 Å². The molecule has 1 aliphatic rings. The van der Waals surface area contributed by atoms with Gasteiger partial charge in [0.15, 0.2) is 0 Å². The summed E-state index contributed by atoms with van der Waals surface area (Å²) in [5.41, 5.74) is 0.586. The predicted molar refractivity (Wildman–Crippen MR) is 92.3 cm³/mol. The van der Waals surface area contributed by atoms with Crippen molar-refractivity contribution in [2.45, 2.75) is 39.0 Å². The van der Waals surface area contributed by atoms with E-state index in [0.717, 1.165) is 32.2 Å². The highest BCUT2D eigenvalue weighted by Gasteiger charge is 2.24. The molecule has 0 radical (unpaired) electrons. The number of piperidine rings is 1. The first kappa shape index (κ1) is 18.2. The van der Waals surface area contributed by atoms with Crippen molar-refractivity contribution < 1.29 is 14.0 Å². The Morgan fingerprint density at radius 3 is 2.75 bits per heavy atom. The quantitative estimate of drug-likeness (QED) is 0.837. The normalized spacial score (nSPS) is 17.4. The van der Waals surface area contributed by atoms with Gasteiger partial charge >= 0.3 is 6.03 Å². The first-order chi connectivity index (χ1) is 11.6. The molecule has 0 aliphatic carbocycles. The highest BCUT2D eigenvalue weighted by molar-refractivity contribution is 5.89. The van der Waals surface area contributed by atoms with E-state index < -0.39 is 0 Å². The van der Waals surface area contributed by atoms with E-state index in [1.807, 2.05) is 6.92 Å². The van der Waals surface area contributed by atoms with Crippen LogP contribution in [0.25, 0.3) is 0 Å². The number of anilines is 1. The van der Waals surface area contributed by atoms with Gasteiger partial charge in [0, 0.05) is 31.7 Å². The fourth-order valence-corrected chi connectivity index (χ4v) is 2.91. The molecule has 0 unspecified atom stereocenters. The zero-order valence-corrected chi connectivity index (χ0v) is 14.2. The highest BCUT2D eigenvalue weighted by Crippen LogP contribution is 2.22. The topological polar surface area (TPSA) is 61.4 Å². The zero-order valence-electron chi connectivity index (χ0n) is 14.2. The van der Waals surface area contributed by atoms with Crippen molar-refractivity contribution in [3.63, 3.8) is 0 Å². The smallest absolute Gasteiger partial charge is 0.321 e. The molecule has 1 aromatic carbocycles. The molecule has 6 heteroatoms. The van der Waals surface area contributed by atoms with Crippen molar-refractivity contribution in [1.29, 1.82) is 0 Å². The van der Waals surface area contributed by atoms with Crippen LogP contribution in [0.3, 0.4) is 0 Å². The monoisotopic (exact) mass is 335 g/mol. The number of rotatable bonds is 6. The van der Waals surface area contributed by atoms with E-state index in [1.165, 1.54) is 12.1 Å². The van der Waals surface area contributed by atoms with Crippen molar-refractivity contribution in [3.8, 4) is 0 Å². The number of likely N-dealkylation sites (tertiary alicyclic amines) is 1. The van der Waals surface area contributed by atoms with Gasteiger partial charge in [0.1, 0.15) is 5.82 Å². The molecule has 24 heavy (non-hydrogen) atoms. The van der Waals surface area contributed by atoms with Crippen LogP contribution >= 0.6 is 0 Å². The molecular weight excluding hydrogens is 309 g/mol. The van der Waals surface area contributed by atoms with Gasteiger partial charge in [0.2, 0.25) is 5.91 Å². The Hall–Kier alpha value is -2.11. The molecule has 132 valence electrons. The minimum Gasteiger partial charge on any atom is -0.356 e. The standard InChI is InChI=1S/C18H26FN3O2/c1-2-11-20-17(23)10-5-14-4-3-12-22(13-14)18(24)21-16-8-6-15(19)7-9-16/h6-9,14H,2-5,10-13H2,1H3,(H,20,23)(H,21,24)/t14-/m1/s1. The first-order valence-corrected chi connectivity index (χ1v) is 8.66. The second kappa shape index (κ2) is 9.25. The van der Waals surface area contributed by atoms with Crippen LogP contribution in [-0.4, -0.2) is 36.5 Å². The number of halogens is 1. The molecule has 1 aromatic rings. The summed E-state index contributed by atoms with van der Waals surface area (Å²) in [5.74, 6) is 0.113. The molecule has 3 amide bonds. The van der Waals surface area contributed by atoms with Gasteiger partial charge in [0.25, 0.3) is 0 Å². The summed E-state index contributed by atoms with van der Waals surface area (Å²) in [7, 11) is 0. The van der Waals surface area contributed by atoms with Gasteiger partial charge in [-0.2, -0.15) is 0 Å². The third kappa shape index (κ3) is 5.83. The van der Waals surface area contributed by atoms with E-state index in [4.69, 9.17) is 0 Å². The molecule has 0 saturated carbocycles. The lowest BCUT2D eigenvalue weighted by atomic mass is 9.93. The van der Waals surface area contributed by atoms with Crippen LogP contribution in [0.15, 0.2) is 24.3 Å². The Balaban J connectivity index is 1.78. The van der Waals surface area contributed by atoms with E-state index in [2.05, 4.69) is 10.6 Å². The van der Waals surface area contributed by atoms with Gasteiger partial charge in [-0.05, 0) is 55.9 Å². The van der Waals surface area contributed by atoms with Crippen LogP contribution < -0.4 is 10.6 Å². The number of carbonyl (C=O) groups is 2. The van der Waals surface area contributed by atoms with Crippen molar-refractivity contribution in [1.82, 2.24) is 10.2 Å². The summed E-state index contributed by atoms with van der Waals surface area (Å²) < 4.78 is 12.9. The number of urea groups is 1. The van der Waals surface area contributed by atoms with E-state index in [0.29, 0.717) is 31.1 Å². The van der Waals surface area contributed by atoms with Crippen LogP contribution in [-0.2, 0) is 4.79 Å². The van der Waals surface area contributed by atoms with E-state index >= 15 is 0 Å². The Bertz CT molecular complexity index is 548. The number of hydrogen-bond donors (Lipinski definition) is 2. The Morgan fingerprint density at radius 1 is 1.29 bits per heavy atom. The van der Waals surface area contributed by atoms with E-state index in [9.17, 15) is 14.0 Å².